The van der Waals surface area contributed by atoms with Gasteiger partial charge in [0.15, 0.2) is 0 Å². The molecule has 2 aliphatic rings. The summed E-state index contributed by atoms with van der Waals surface area (Å²) in [5.41, 5.74) is 3.09. The zero-order valence-corrected chi connectivity index (χ0v) is 15.0. The first-order valence-corrected chi connectivity index (χ1v) is 8.60. The highest BCUT2D eigenvalue weighted by molar-refractivity contribution is 6.31. The van der Waals surface area contributed by atoms with Crippen molar-refractivity contribution < 1.29 is 4.79 Å². The van der Waals surface area contributed by atoms with Crippen LogP contribution in [0.1, 0.15) is 41.3 Å². The molecule has 2 aliphatic heterocycles. The van der Waals surface area contributed by atoms with Crippen LogP contribution in [0.3, 0.4) is 0 Å². The fraction of sp³-hybridized carbons (Fsp3) is 0.333. The van der Waals surface area contributed by atoms with E-state index in [2.05, 4.69) is 11.1 Å². The Balaban J connectivity index is 1.75. The van der Waals surface area contributed by atoms with E-state index in [1.165, 1.54) is 0 Å². The molecule has 0 N–H and O–H groups in total. The van der Waals surface area contributed by atoms with Crippen LogP contribution in [0.2, 0.25) is 5.02 Å². The smallest absolute Gasteiger partial charge is 0.259 e. The van der Waals surface area contributed by atoms with Crippen molar-refractivity contribution in [3.05, 3.63) is 58.4 Å². The number of benzene rings is 1. The number of aromatic nitrogens is 1. The molecule has 6 heteroatoms. The summed E-state index contributed by atoms with van der Waals surface area (Å²) in [7, 11) is 0. The van der Waals surface area contributed by atoms with Gasteiger partial charge in [-0.3, -0.25) is 14.7 Å². The van der Waals surface area contributed by atoms with E-state index < -0.39 is 5.54 Å². The van der Waals surface area contributed by atoms with E-state index in [-0.39, 0.29) is 5.91 Å². The van der Waals surface area contributed by atoms with Gasteiger partial charge in [-0.2, -0.15) is 0 Å². The Morgan fingerprint density at radius 3 is 2.67 bits per heavy atom. The minimum atomic E-state index is -0.476. The zero-order chi connectivity index (χ0) is 17.1. The van der Waals surface area contributed by atoms with E-state index in [0.717, 1.165) is 29.9 Å². The largest absolute Gasteiger partial charge is 0.297 e. The van der Waals surface area contributed by atoms with Crippen LogP contribution < -0.4 is 4.90 Å². The van der Waals surface area contributed by atoms with Gasteiger partial charge >= 0.3 is 0 Å². The molecule has 124 valence electrons. The summed E-state index contributed by atoms with van der Waals surface area (Å²) in [6.07, 6.45) is 3.60. The van der Waals surface area contributed by atoms with Crippen molar-refractivity contribution in [1.29, 1.82) is 0 Å². The Labute approximate surface area is 151 Å². The molecule has 0 unspecified atom stereocenters. The second-order valence-corrected chi connectivity index (χ2v) is 7.81. The number of hydrogen-bond acceptors (Lipinski definition) is 3. The van der Waals surface area contributed by atoms with Gasteiger partial charge in [0.05, 0.1) is 17.4 Å². The topological polar surface area (TPSA) is 36.4 Å². The number of pyridine rings is 1. The Bertz CT molecular complexity index is 831. The number of carbonyl (C=O) groups is 1. The van der Waals surface area contributed by atoms with E-state index in [1.54, 1.807) is 22.7 Å². The molecule has 4 rings (SSSR count). The van der Waals surface area contributed by atoms with Crippen molar-refractivity contribution in [1.82, 2.24) is 9.40 Å². The highest BCUT2D eigenvalue weighted by atomic mass is 35.5. The Hall–Kier alpha value is -1.62. The molecule has 3 heterocycles. The summed E-state index contributed by atoms with van der Waals surface area (Å²) in [6.45, 7) is 5.67. The van der Waals surface area contributed by atoms with Crippen LogP contribution >= 0.6 is 23.4 Å². The van der Waals surface area contributed by atoms with Gasteiger partial charge in [-0.1, -0.05) is 11.6 Å². The molecular formula is C18H17Cl2N3O. The lowest BCUT2D eigenvalue weighted by Gasteiger charge is -2.35. The number of fused-ring (bicyclic) bond motifs is 1. The molecule has 0 radical (unpaired) electrons. The van der Waals surface area contributed by atoms with Crippen LogP contribution in [0.25, 0.3) is 0 Å². The molecule has 0 spiro atoms. The number of nitrogens with zero attached hydrogens (tertiary/aromatic N) is 3. The number of carbonyl (C=O) groups excluding carboxylic acids is 1. The third-order valence-electron chi connectivity index (χ3n) is 4.94. The number of amides is 1. The van der Waals surface area contributed by atoms with Crippen LogP contribution in [0.15, 0.2) is 36.7 Å². The summed E-state index contributed by atoms with van der Waals surface area (Å²) >= 11 is 12.1. The lowest BCUT2D eigenvalue weighted by molar-refractivity contribution is 0.0982. The van der Waals surface area contributed by atoms with Gasteiger partial charge in [0.25, 0.3) is 5.91 Å². The molecule has 2 aromatic rings. The number of hydrogen-bond donors (Lipinski definition) is 0. The van der Waals surface area contributed by atoms with E-state index in [4.69, 9.17) is 23.4 Å². The van der Waals surface area contributed by atoms with Crippen molar-refractivity contribution in [2.24, 2.45) is 0 Å². The maximum Gasteiger partial charge on any atom is 0.259 e. The third-order valence-corrected chi connectivity index (χ3v) is 5.46. The van der Waals surface area contributed by atoms with Gasteiger partial charge in [-0.05, 0) is 61.0 Å². The average Bonchev–Trinajstić information content (AvgIpc) is 2.70. The summed E-state index contributed by atoms with van der Waals surface area (Å²) in [5.74, 6) is 0.353. The van der Waals surface area contributed by atoms with Crippen molar-refractivity contribution in [2.45, 2.75) is 25.3 Å². The van der Waals surface area contributed by atoms with Gasteiger partial charge in [-0.25, -0.2) is 4.42 Å². The average molecular weight is 362 g/mol. The predicted molar refractivity (Wildman–Crippen MR) is 95.7 cm³/mol. The minimum Gasteiger partial charge on any atom is -0.297 e. The predicted octanol–water partition coefficient (Wildman–Crippen LogP) is 4.18. The molecule has 0 bridgehead atoms. The van der Waals surface area contributed by atoms with Gasteiger partial charge in [0.2, 0.25) is 0 Å². The van der Waals surface area contributed by atoms with Crippen LogP contribution in [0, 0.1) is 0 Å². The Morgan fingerprint density at radius 2 is 1.96 bits per heavy atom. The Morgan fingerprint density at radius 1 is 1.21 bits per heavy atom. The summed E-state index contributed by atoms with van der Waals surface area (Å²) in [6, 6.07) is 7.49. The van der Waals surface area contributed by atoms with E-state index >= 15 is 0 Å². The molecule has 1 saturated heterocycles. The lowest BCUT2D eigenvalue weighted by Crippen LogP contribution is -2.40. The van der Waals surface area contributed by atoms with E-state index in [1.807, 2.05) is 31.0 Å². The molecule has 1 aromatic carbocycles. The van der Waals surface area contributed by atoms with Crippen LogP contribution in [0.5, 0.6) is 0 Å². The van der Waals surface area contributed by atoms with Crippen LogP contribution in [-0.4, -0.2) is 28.4 Å². The first kappa shape index (κ1) is 15.9. The minimum absolute atomic E-state index is 0.0156. The maximum absolute atomic E-state index is 13.0. The molecule has 4 nitrogen and oxygen atoms in total. The molecule has 1 fully saturated rings. The van der Waals surface area contributed by atoms with Crippen LogP contribution in [0.4, 0.5) is 5.69 Å². The van der Waals surface area contributed by atoms with Gasteiger partial charge < -0.3 is 0 Å². The number of rotatable bonds is 2. The fourth-order valence-corrected chi connectivity index (χ4v) is 4.08. The first-order chi connectivity index (χ1) is 11.4. The molecule has 0 atom stereocenters. The standard InChI is InChI=1S/C18H17Cl2N3O/c1-18(2)16-6-13(19)3-4-15(16)17(24)23(18)14-5-11(7-21-8-14)12-9-22(20)10-12/h3-8,12H,9-10H2,1-2H3. The molecule has 24 heavy (non-hydrogen) atoms. The monoisotopic (exact) mass is 361 g/mol. The molecule has 1 aromatic heterocycles. The van der Waals surface area contributed by atoms with Crippen molar-refractivity contribution in [3.8, 4) is 0 Å². The molecule has 0 aliphatic carbocycles. The summed E-state index contributed by atoms with van der Waals surface area (Å²) in [5, 5.41) is 0.639. The SMILES string of the molecule is CC1(C)c2cc(Cl)ccc2C(=O)N1c1cncc(C2CN(Cl)C2)c1. The van der Waals surface area contributed by atoms with Gasteiger partial charge in [-0.15, -0.1) is 0 Å². The normalized spacial score (nSPS) is 20.2. The molecule has 1 amide bonds. The Kier molecular flexibility index (Phi) is 3.60. The molecular weight excluding hydrogens is 345 g/mol. The second kappa shape index (κ2) is 5.45. The highest BCUT2D eigenvalue weighted by Gasteiger charge is 2.44. The number of anilines is 1. The lowest BCUT2D eigenvalue weighted by atomic mass is 9.92. The van der Waals surface area contributed by atoms with E-state index in [0.29, 0.717) is 16.5 Å². The second-order valence-electron chi connectivity index (χ2n) is 6.89. The summed E-state index contributed by atoms with van der Waals surface area (Å²) < 4.78 is 1.75. The highest BCUT2D eigenvalue weighted by Crippen LogP contribution is 2.43. The van der Waals surface area contributed by atoms with Gasteiger partial charge in [0, 0.05) is 35.8 Å². The third kappa shape index (κ3) is 2.32. The van der Waals surface area contributed by atoms with Crippen molar-refractivity contribution in [3.63, 3.8) is 0 Å². The number of halogens is 2. The maximum atomic E-state index is 13.0. The fourth-order valence-electron chi connectivity index (χ4n) is 3.57. The van der Waals surface area contributed by atoms with Gasteiger partial charge in [0.1, 0.15) is 0 Å². The van der Waals surface area contributed by atoms with Crippen molar-refractivity contribution >= 4 is 35.0 Å². The summed E-state index contributed by atoms with van der Waals surface area (Å²) in [4.78, 5) is 19.1. The van der Waals surface area contributed by atoms with E-state index in [9.17, 15) is 4.79 Å². The molecule has 0 saturated carbocycles. The first-order valence-electron chi connectivity index (χ1n) is 7.88. The quantitative estimate of drug-likeness (QED) is 0.752. The zero-order valence-electron chi connectivity index (χ0n) is 13.5. The van der Waals surface area contributed by atoms with Crippen LogP contribution in [-0.2, 0) is 5.54 Å². The van der Waals surface area contributed by atoms with Crippen molar-refractivity contribution in [2.75, 3.05) is 18.0 Å².